The molecule has 0 unspecified atom stereocenters. The minimum atomic E-state index is -1.25. The Bertz CT molecular complexity index is 523. The first-order valence-corrected chi connectivity index (χ1v) is 8.12. The van der Waals surface area contributed by atoms with E-state index in [9.17, 15) is 15.0 Å². The van der Waals surface area contributed by atoms with Crippen LogP contribution in [0.1, 0.15) is 47.0 Å². The summed E-state index contributed by atoms with van der Waals surface area (Å²) < 4.78 is 11.0. The van der Waals surface area contributed by atoms with Gasteiger partial charge in [-0.1, -0.05) is 13.8 Å². The lowest BCUT2D eigenvalue weighted by atomic mass is 9.77. The van der Waals surface area contributed by atoms with Gasteiger partial charge in [-0.2, -0.15) is 0 Å². The highest BCUT2D eigenvalue weighted by atomic mass is 16.6. The Hall–Kier alpha value is -0.910. The van der Waals surface area contributed by atoms with E-state index in [1.165, 1.54) is 0 Å². The van der Waals surface area contributed by atoms with Crippen molar-refractivity contribution >= 4 is 5.97 Å². The molecule has 0 bridgehead atoms. The molecule has 0 amide bonds. The maximum atomic E-state index is 12.1. The van der Waals surface area contributed by atoms with Gasteiger partial charge in [0.15, 0.2) is 0 Å². The predicted octanol–water partition coefficient (Wildman–Crippen LogP) is 1.77. The van der Waals surface area contributed by atoms with Crippen LogP contribution in [0.3, 0.4) is 0 Å². The highest BCUT2D eigenvalue weighted by Crippen LogP contribution is 2.56. The van der Waals surface area contributed by atoms with Crippen LogP contribution in [0, 0.1) is 17.3 Å². The van der Waals surface area contributed by atoms with Gasteiger partial charge in [0.25, 0.3) is 0 Å². The number of aliphatic hydroxyl groups excluding tert-OH is 2. The van der Waals surface area contributed by atoms with Crippen molar-refractivity contribution in [3.05, 3.63) is 11.1 Å². The summed E-state index contributed by atoms with van der Waals surface area (Å²) in [5.74, 6) is -0.473. The number of rotatable bonds is 2. The van der Waals surface area contributed by atoms with Gasteiger partial charge in [-0.25, -0.2) is 4.79 Å². The molecule has 3 rings (SSSR count). The van der Waals surface area contributed by atoms with Crippen molar-refractivity contribution < 1.29 is 24.5 Å². The van der Waals surface area contributed by atoms with Crippen molar-refractivity contribution in [1.29, 1.82) is 0 Å². The molecule has 5 heteroatoms. The van der Waals surface area contributed by atoms with Gasteiger partial charge in [0, 0.05) is 18.6 Å². The smallest absolute Gasteiger partial charge is 0.339 e. The van der Waals surface area contributed by atoms with Crippen LogP contribution >= 0.6 is 0 Å². The van der Waals surface area contributed by atoms with E-state index in [0.29, 0.717) is 18.6 Å². The van der Waals surface area contributed by atoms with Crippen molar-refractivity contribution in [3.8, 4) is 0 Å². The molecule has 0 radical (unpaired) electrons. The van der Waals surface area contributed by atoms with Gasteiger partial charge in [0.2, 0.25) is 6.29 Å². The number of esters is 1. The topological polar surface area (TPSA) is 76.0 Å². The van der Waals surface area contributed by atoms with Crippen LogP contribution in [0.25, 0.3) is 0 Å². The Labute approximate surface area is 131 Å². The van der Waals surface area contributed by atoms with Crippen molar-refractivity contribution in [2.75, 3.05) is 6.61 Å². The van der Waals surface area contributed by atoms with Crippen LogP contribution < -0.4 is 0 Å². The summed E-state index contributed by atoms with van der Waals surface area (Å²) in [5.41, 5.74) is 0.373. The molecule has 22 heavy (non-hydrogen) atoms. The molecule has 1 aliphatic heterocycles. The lowest BCUT2D eigenvalue weighted by Crippen LogP contribution is -2.42. The molecular formula is C17H26O5. The fraction of sp³-hybridized carbons (Fsp3) is 0.824. The van der Waals surface area contributed by atoms with E-state index < -0.39 is 24.0 Å². The van der Waals surface area contributed by atoms with Gasteiger partial charge < -0.3 is 19.7 Å². The van der Waals surface area contributed by atoms with Crippen LogP contribution in [0.4, 0.5) is 0 Å². The minimum absolute atomic E-state index is 0.0445. The molecule has 0 saturated heterocycles. The molecule has 0 aromatic rings. The molecule has 2 aliphatic carbocycles. The highest BCUT2D eigenvalue weighted by molar-refractivity contribution is 5.93. The number of aliphatic hydroxyl groups is 2. The Morgan fingerprint density at radius 3 is 2.59 bits per heavy atom. The third kappa shape index (κ3) is 2.30. The van der Waals surface area contributed by atoms with Gasteiger partial charge in [-0.15, -0.1) is 0 Å². The number of carbonyl (C=O) groups is 1. The second-order valence-corrected chi connectivity index (χ2v) is 7.91. The van der Waals surface area contributed by atoms with Gasteiger partial charge in [-0.3, -0.25) is 0 Å². The van der Waals surface area contributed by atoms with E-state index in [1.807, 2.05) is 13.8 Å². The van der Waals surface area contributed by atoms with Crippen LogP contribution in [0.5, 0.6) is 0 Å². The number of carbonyl (C=O) groups excluding carboxylic acids is 1. The average Bonchev–Trinajstić information content (AvgIpc) is 2.84. The van der Waals surface area contributed by atoms with E-state index in [4.69, 9.17) is 9.47 Å². The molecular weight excluding hydrogens is 284 g/mol. The van der Waals surface area contributed by atoms with Crippen molar-refractivity contribution in [1.82, 2.24) is 0 Å². The zero-order valence-electron chi connectivity index (χ0n) is 13.8. The quantitative estimate of drug-likeness (QED) is 0.760. The number of fused-ring (bicyclic) bond motifs is 1. The van der Waals surface area contributed by atoms with Crippen LogP contribution in [-0.2, 0) is 14.3 Å². The molecule has 0 spiro atoms. The van der Waals surface area contributed by atoms with Crippen molar-refractivity contribution in [2.45, 2.75) is 65.0 Å². The first kappa shape index (κ1) is 16.0. The summed E-state index contributed by atoms with van der Waals surface area (Å²) in [4.78, 5) is 12.1. The summed E-state index contributed by atoms with van der Waals surface area (Å²) in [7, 11) is 0. The van der Waals surface area contributed by atoms with E-state index in [-0.39, 0.29) is 22.8 Å². The first-order chi connectivity index (χ1) is 10.2. The zero-order valence-corrected chi connectivity index (χ0v) is 13.8. The summed E-state index contributed by atoms with van der Waals surface area (Å²) in [6.07, 6.45) is 0.0770. The zero-order chi connectivity index (χ0) is 16.3. The highest BCUT2D eigenvalue weighted by Gasteiger charge is 2.57. The van der Waals surface area contributed by atoms with E-state index in [0.717, 1.165) is 12.8 Å². The number of ether oxygens (including phenoxy) is 2. The first-order valence-electron chi connectivity index (χ1n) is 8.12. The van der Waals surface area contributed by atoms with Gasteiger partial charge >= 0.3 is 5.97 Å². The molecule has 0 aromatic heterocycles. The third-order valence-electron chi connectivity index (χ3n) is 5.66. The number of cyclic esters (lactones) is 1. The van der Waals surface area contributed by atoms with Crippen molar-refractivity contribution in [3.63, 3.8) is 0 Å². The monoisotopic (exact) mass is 310 g/mol. The molecule has 5 atom stereocenters. The normalized spacial score (nSPS) is 43.6. The molecule has 3 aliphatic rings. The molecule has 0 aromatic carbocycles. The minimum Gasteiger partial charge on any atom is -0.428 e. The summed E-state index contributed by atoms with van der Waals surface area (Å²) in [6.45, 7) is 8.93. The van der Waals surface area contributed by atoms with E-state index in [2.05, 4.69) is 13.8 Å². The number of hydrogen-bond acceptors (Lipinski definition) is 5. The molecule has 124 valence electrons. The van der Waals surface area contributed by atoms with Crippen LogP contribution in [-0.4, -0.2) is 40.8 Å². The van der Waals surface area contributed by atoms with E-state index >= 15 is 0 Å². The SMILES string of the molecule is CCO[C@]1(C)CC2=C(C(=O)O[C@H]2O)[C@H](O)[C@H]2CC(C)(C)C[C@H]21. The van der Waals surface area contributed by atoms with Crippen molar-refractivity contribution in [2.24, 2.45) is 17.3 Å². The molecule has 1 saturated carbocycles. The lowest BCUT2D eigenvalue weighted by molar-refractivity contribution is -0.155. The second-order valence-electron chi connectivity index (χ2n) is 7.91. The maximum absolute atomic E-state index is 12.1. The Morgan fingerprint density at radius 2 is 1.95 bits per heavy atom. The Morgan fingerprint density at radius 1 is 1.27 bits per heavy atom. The fourth-order valence-electron chi connectivity index (χ4n) is 4.82. The summed E-state index contributed by atoms with van der Waals surface area (Å²) in [5, 5.41) is 20.9. The van der Waals surface area contributed by atoms with E-state index in [1.54, 1.807) is 0 Å². The molecule has 1 fully saturated rings. The fourth-order valence-corrected chi connectivity index (χ4v) is 4.82. The van der Waals surface area contributed by atoms with Gasteiger partial charge in [0.1, 0.15) is 0 Å². The largest absolute Gasteiger partial charge is 0.428 e. The second kappa shape index (κ2) is 5.05. The molecule has 1 heterocycles. The number of hydrogen-bond donors (Lipinski definition) is 2. The predicted molar refractivity (Wildman–Crippen MR) is 79.8 cm³/mol. The molecule has 2 N–H and O–H groups in total. The standard InChI is InChI=1S/C17H26O5/c1-5-21-17(4)7-10-12(15(20)22-14(10)19)13(18)9-6-16(2,3)8-11(9)17/h9,11,13-14,18-19H,5-8H2,1-4H3/t9-,11+,13+,14+,17+/m0/s1. The van der Waals surface area contributed by atoms with Gasteiger partial charge in [-0.05, 0) is 43.9 Å². The van der Waals surface area contributed by atoms with Crippen LogP contribution in [0.15, 0.2) is 11.1 Å². The lowest BCUT2D eigenvalue weighted by Gasteiger charge is -2.39. The molecule has 5 nitrogen and oxygen atoms in total. The summed E-state index contributed by atoms with van der Waals surface area (Å²) >= 11 is 0. The van der Waals surface area contributed by atoms with Gasteiger partial charge in [0.05, 0.1) is 17.3 Å². The average molecular weight is 310 g/mol. The Kier molecular flexibility index (Phi) is 3.66. The summed E-state index contributed by atoms with van der Waals surface area (Å²) in [6, 6.07) is 0. The maximum Gasteiger partial charge on any atom is 0.339 e. The Balaban J connectivity index is 2.07. The third-order valence-corrected chi connectivity index (χ3v) is 5.66. The van der Waals surface area contributed by atoms with Crippen LogP contribution in [0.2, 0.25) is 0 Å².